The maximum absolute atomic E-state index is 12.6. The van der Waals surface area contributed by atoms with E-state index in [1.165, 1.54) is 0 Å². The van der Waals surface area contributed by atoms with Gasteiger partial charge in [-0.25, -0.2) is 0 Å². The van der Waals surface area contributed by atoms with E-state index in [9.17, 15) is 4.79 Å². The van der Waals surface area contributed by atoms with Crippen molar-refractivity contribution in [3.63, 3.8) is 0 Å². The van der Waals surface area contributed by atoms with Gasteiger partial charge in [0.2, 0.25) is 5.91 Å². The van der Waals surface area contributed by atoms with Crippen molar-refractivity contribution in [3.8, 4) is 22.6 Å². The van der Waals surface area contributed by atoms with Gasteiger partial charge in [0, 0.05) is 39.4 Å². The maximum Gasteiger partial charge on any atom is 0.248 e. The molecule has 6 heteroatoms. The number of amides is 1. The molecule has 4 rings (SSSR count). The summed E-state index contributed by atoms with van der Waals surface area (Å²) < 4.78 is 16.6. The van der Waals surface area contributed by atoms with Crippen LogP contribution in [0.4, 0.5) is 5.69 Å². The van der Waals surface area contributed by atoms with Gasteiger partial charge in [0.15, 0.2) is 0 Å². The highest BCUT2D eigenvalue weighted by molar-refractivity contribution is 6.30. The van der Waals surface area contributed by atoms with Gasteiger partial charge in [0.05, 0.1) is 20.5 Å². The Morgan fingerprint density at radius 1 is 1.00 bits per heavy atom. The van der Waals surface area contributed by atoms with E-state index >= 15 is 0 Å². The first-order chi connectivity index (χ1) is 15.5. The van der Waals surface area contributed by atoms with E-state index in [0.717, 1.165) is 33.4 Å². The highest BCUT2D eigenvalue weighted by Gasteiger charge is 2.15. The summed E-state index contributed by atoms with van der Waals surface area (Å²) in [7, 11) is 3.23. The number of furan rings is 1. The number of hydrogen-bond donors (Lipinski definition) is 1. The lowest BCUT2D eigenvalue weighted by Gasteiger charge is -2.10. The Morgan fingerprint density at radius 3 is 2.38 bits per heavy atom. The fourth-order valence-electron chi connectivity index (χ4n) is 3.51. The maximum atomic E-state index is 12.6. The fraction of sp³-hybridized carbons (Fsp3) is 0.115. The molecule has 162 valence electrons. The van der Waals surface area contributed by atoms with Crippen molar-refractivity contribution >= 4 is 39.7 Å². The normalized spacial score (nSPS) is 11.4. The summed E-state index contributed by atoms with van der Waals surface area (Å²) in [5.41, 5.74) is 4.89. The Bertz CT molecular complexity index is 1290. The zero-order valence-corrected chi connectivity index (χ0v) is 18.7. The molecule has 1 heterocycles. The van der Waals surface area contributed by atoms with E-state index in [1.54, 1.807) is 50.8 Å². The third-order valence-electron chi connectivity index (χ3n) is 5.18. The first kappa shape index (κ1) is 21.5. The Labute approximate surface area is 191 Å². The van der Waals surface area contributed by atoms with Gasteiger partial charge in [0.25, 0.3) is 0 Å². The number of allylic oxidation sites excluding steroid dienone is 1. The van der Waals surface area contributed by atoms with Crippen LogP contribution >= 0.6 is 11.6 Å². The number of hydrogen-bond acceptors (Lipinski definition) is 4. The molecule has 3 aromatic carbocycles. The molecule has 32 heavy (non-hydrogen) atoms. The first-order valence-corrected chi connectivity index (χ1v) is 10.3. The fourth-order valence-corrected chi connectivity index (χ4v) is 3.64. The van der Waals surface area contributed by atoms with Crippen molar-refractivity contribution in [3.05, 3.63) is 83.6 Å². The van der Waals surface area contributed by atoms with Crippen LogP contribution in [0, 0.1) is 0 Å². The molecule has 0 saturated heterocycles. The molecule has 5 nitrogen and oxygen atoms in total. The lowest BCUT2D eigenvalue weighted by atomic mass is 9.99. The van der Waals surface area contributed by atoms with Crippen molar-refractivity contribution in [2.75, 3.05) is 19.5 Å². The van der Waals surface area contributed by atoms with Crippen LogP contribution in [0.1, 0.15) is 12.5 Å². The van der Waals surface area contributed by atoms with Crippen LogP contribution in [0.15, 0.2) is 77.4 Å². The molecular weight excluding hydrogens is 426 g/mol. The molecule has 0 spiro atoms. The summed E-state index contributed by atoms with van der Waals surface area (Å²) in [6, 6.07) is 18.6. The summed E-state index contributed by atoms with van der Waals surface area (Å²) in [5.74, 6) is 1.17. The number of benzene rings is 3. The van der Waals surface area contributed by atoms with Crippen molar-refractivity contribution in [1.82, 2.24) is 0 Å². The van der Waals surface area contributed by atoms with Crippen molar-refractivity contribution in [2.24, 2.45) is 0 Å². The average Bonchev–Trinajstić information content (AvgIpc) is 3.22. The largest absolute Gasteiger partial charge is 0.497 e. The van der Waals surface area contributed by atoms with E-state index in [1.807, 2.05) is 43.3 Å². The Morgan fingerprint density at radius 2 is 1.72 bits per heavy atom. The Balaban J connectivity index is 1.69. The van der Waals surface area contributed by atoms with Crippen LogP contribution in [0.25, 0.3) is 27.7 Å². The van der Waals surface area contributed by atoms with Gasteiger partial charge in [-0.05, 0) is 60.5 Å². The molecule has 0 saturated carbocycles. The molecule has 0 aliphatic heterocycles. The third kappa shape index (κ3) is 4.48. The minimum atomic E-state index is -0.241. The second kappa shape index (κ2) is 9.20. The minimum absolute atomic E-state index is 0.241. The third-order valence-corrected chi connectivity index (χ3v) is 5.43. The second-order valence-corrected chi connectivity index (χ2v) is 7.69. The van der Waals surface area contributed by atoms with Crippen LogP contribution in [0.5, 0.6) is 11.5 Å². The molecule has 0 bridgehead atoms. The molecule has 1 amide bonds. The molecule has 0 aliphatic carbocycles. The molecule has 0 atom stereocenters. The SMILES string of the molecule is COc1ccc(-c2coc3cc(OC)c(/C(C)=C/C(=O)Nc4ccc(Cl)cc4)cc23)cc1. The highest BCUT2D eigenvalue weighted by Crippen LogP contribution is 2.37. The summed E-state index contributed by atoms with van der Waals surface area (Å²) in [4.78, 5) is 12.6. The van der Waals surface area contributed by atoms with E-state index < -0.39 is 0 Å². The highest BCUT2D eigenvalue weighted by atomic mass is 35.5. The number of ether oxygens (including phenoxy) is 2. The molecule has 4 aromatic rings. The number of halogens is 1. The first-order valence-electron chi connectivity index (χ1n) is 9.97. The molecule has 0 radical (unpaired) electrons. The lowest BCUT2D eigenvalue weighted by molar-refractivity contribution is -0.111. The van der Waals surface area contributed by atoms with E-state index in [2.05, 4.69) is 5.32 Å². The topological polar surface area (TPSA) is 60.7 Å². The zero-order valence-electron chi connectivity index (χ0n) is 17.9. The zero-order chi connectivity index (χ0) is 22.7. The van der Waals surface area contributed by atoms with Crippen molar-refractivity contribution in [1.29, 1.82) is 0 Å². The standard InChI is InChI=1S/C26H22ClNO4/c1-16(12-26(29)28-19-8-6-18(27)7-9-19)21-13-22-23(15-32-25(22)14-24(21)31-3)17-4-10-20(30-2)11-5-17/h4-15H,1-3H3,(H,28,29)/b16-12+. The molecule has 1 aromatic heterocycles. The van der Waals surface area contributed by atoms with Crippen LogP contribution in [0.3, 0.4) is 0 Å². The van der Waals surface area contributed by atoms with Crippen LogP contribution in [-0.2, 0) is 4.79 Å². The van der Waals surface area contributed by atoms with Crippen molar-refractivity contribution in [2.45, 2.75) is 6.92 Å². The van der Waals surface area contributed by atoms with Crippen LogP contribution in [-0.4, -0.2) is 20.1 Å². The van der Waals surface area contributed by atoms with Crippen LogP contribution < -0.4 is 14.8 Å². The Kier molecular flexibility index (Phi) is 6.19. The quantitative estimate of drug-likeness (QED) is 0.330. The van der Waals surface area contributed by atoms with Gasteiger partial charge in [-0.3, -0.25) is 4.79 Å². The van der Waals surface area contributed by atoms with E-state index in [0.29, 0.717) is 22.0 Å². The van der Waals surface area contributed by atoms with Gasteiger partial charge < -0.3 is 19.2 Å². The predicted molar refractivity (Wildman–Crippen MR) is 128 cm³/mol. The average molecular weight is 448 g/mol. The van der Waals surface area contributed by atoms with Gasteiger partial charge in [0.1, 0.15) is 17.1 Å². The van der Waals surface area contributed by atoms with Gasteiger partial charge in [-0.1, -0.05) is 23.7 Å². The minimum Gasteiger partial charge on any atom is -0.497 e. The molecule has 0 aliphatic rings. The molecule has 0 fully saturated rings. The second-order valence-electron chi connectivity index (χ2n) is 7.25. The van der Waals surface area contributed by atoms with E-state index in [4.69, 9.17) is 25.5 Å². The lowest BCUT2D eigenvalue weighted by Crippen LogP contribution is -2.08. The molecule has 1 N–H and O–H groups in total. The monoisotopic (exact) mass is 447 g/mol. The predicted octanol–water partition coefficient (Wildman–Crippen LogP) is 6.81. The Hall–Kier alpha value is -3.70. The number of methoxy groups -OCH3 is 2. The smallest absolute Gasteiger partial charge is 0.248 e. The van der Waals surface area contributed by atoms with Crippen LogP contribution in [0.2, 0.25) is 5.02 Å². The summed E-state index contributed by atoms with van der Waals surface area (Å²) >= 11 is 5.90. The summed E-state index contributed by atoms with van der Waals surface area (Å²) in [6.45, 7) is 1.87. The number of rotatable bonds is 6. The van der Waals surface area contributed by atoms with Gasteiger partial charge >= 0.3 is 0 Å². The number of carbonyl (C=O) groups excluding carboxylic acids is 1. The molecular formula is C26H22ClNO4. The number of nitrogens with one attached hydrogen (secondary N) is 1. The van der Waals surface area contributed by atoms with Crippen molar-refractivity contribution < 1.29 is 18.7 Å². The summed E-state index contributed by atoms with van der Waals surface area (Å²) in [6.07, 6.45) is 3.27. The number of anilines is 1. The molecule has 0 unspecified atom stereocenters. The van der Waals surface area contributed by atoms with Gasteiger partial charge in [-0.15, -0.1) is 0 Å². The van der Waals surface area contributed by atoms with Gasteiger partial charge in [-0.2, -0.15) is 0 Å². The number of carbonyl (C=O) groups is 1. The summed E-state index contributed by atoms with van der Waals surface area (Å²) in [5, 5.41) is 4.38. The van der Waals surface area contributed by atoms with E-state index in [-0.39, 0.29) is 5.91 Å². The number of fused-ring (bicyclic) bond motifs is 1.